The molecule has 1 aromatic carbocycles. The molecule has 16 heavy (non-hydrogen) atoms. The van der Waals surface area contributed by atoms with E-state index in [4.69, 9.17) is 22.7 Å². The standard InChI is InChI=1S/C10H13ClN4O/c1-2-6-4-3-5-7(11)8(6)14-10(16)15-9(12)13/h3-5H,2H2,1H3,(H5,12,13,14,15,16). The molecular formula is C10H13ClN4O. The van der Waals surface area contributed by atoms with Crippen molar-refractivity contribution in [3.8, 4) is 0 Å². The first-order chi connectivity index (χ1) is 7.54. The fraction of sp³-hybridized carbons (Fsp3) is 0.200. The van der Waals surface area contributed by atoms with Crippen LogP contribution in [-0.2, 0) is 6.42 Å². The number of urea groups is 1. The molecule has 0 aliphatic heterocycles. The maximum atomic E-state index is 11.3. The van der Waals surface area contributed by atoms with Gasteiger partial charge in [-0.3, -0.25) is 10.7 Å². The maximum Gasteiger partial charge on any atom is 0.326 e. The van der Waals surface area contributed by atoms with Crippen molar-refractivity contribution in [2.45, 2.75) is 13.3 Å². The first kappa shape index (κ1) is 12.3. The summed E-state index contributed by atoms with van der Waals surface area (Å²) in [5, 5.41) is 12.1. The monoisotopic (exact) mass is 240 g/mol. The van der Waals surface area contributed by atoms with Gasteiger partial charge in [0.15, 0.2) is 5.96 Å². The number of guanidine groups is 1. The zero-order valence-corrected chi connectivity index (χ0v) is 9.56. The zero-order chi connectivity index (χ0) is 12.1. The molecular weight excluding hydrogens is 228 g/mol. The number of hydrogen-bond acceptors (Lipinski definition) is 2. The second-order valence-corrected chi connectivity index (χ2v) is 3.53. The van der Waals surface area contributed by atoms with Crippen LogP contribution in [-0.4, -0.2) is 12.0 Å². The normalized spacial score (nSPS) is 9.62. The van der Waals surface area contributed by atoms with E-state index < -0.39 is 12.0 Å². The van der Waals surface area contributed by atoms with E-state index in [1.165, 1.54) is 0 Å². The fourth-order valence-electron chi connectivity index (χ4n) is 1.27. The third kappa shape index (κ3) is 3.13. The summed E-state index contributed by atoms with van der Waals surface area (Å²) >= 11 is 5.96. The number of amides is 2. The quantitative estimate of drug-likeness (QED) is 0.470. The Kier molecular flexibility index (Phi) is 4.13. The highest BCUT2D eigenvalue weighted by Crippen LogP contribution is 2.26. The predicted octanol–water partition coefficient (Wildman–Crippen LogP) is 1.92. The molecule has 0 fully saturated rings. The van der Waals surface area contributed by atoms with Gasteiger partial charge >= 0.3 is 6.03 Å². The molecule has 0 spiro atoms. The highest BCUT2D eigenvalue weighted by atomic mass is 35.5. The minimum Gasteiger partial charge on any atom is -0.370 e. The van der Waals surface area contributed by atoms with Crippen molar-refractivity contribution in [2.75, 3.05) is 5.32 Å². The molecule has 5 N–H and O–H groups in total. The Hall–Kier alpha value is -1.75. The number of rotatable bonds is 2. The molecule has 1 rings (SSSR count). The van der Waals surface area contributed by atoms with E-state index in [1.54, 1.807) is 6.07 Å². The lowest BCUT2D eigenvalue weighted by atomic mass is 10.1. The van der Waals surface area contributed by atoms with Gasteiger partial charge in [0.05, 0.1) is 10.7 Å². The first-order valence-corrected chi connectivity index (χ1v) is 5.11. The largest absolute Gasteiger partial charge is 0.370 e. The molecule has 0 aliphatic rings. The van der Waals surface area contributed by atoms with Crippen LogP contribution in [0.3, 0.4) is 0 Å². The first-order valence-electron chi connectivity index (χ1n) is 4.74. The van der Waals surface area contributed by atoms with Gasteiger partial charge in [-0.05, 0) is 18.1 Å². The lowest BCUT2D eigenvalue weighted by molar-refractivity contribution is 0.256. The lowest BCUT2D eigenvalue weighted by Crippen LogP contribution is -2.38. The van der Waals surface area contributed by atoms with Gasteiger partial charge in [-0.15, -0.1) is 0 Å². The SMILES string of the molecule is CCc1cccc(Cl)c1NC(=O)NC(=N)N. The number of halogens is 1. The fourth-order valence-corrected chi connectivity index (χ4v) is 1.51. The summed E-state index contributed by atoms with van der Waals surface area (Å²) in [4.78, 5) is 11.3. The minimum absolute atomic E-state index is 0.414. The molecule has 2 amide bonds. The smallest absolute Gasteiger partial charge is 0.326 e. The molecule has 0 aliphatic carbocycles. The molecule has 86 valence electrons. The van der Waals surface area contributed by atoms with E-state index in [2.05, 4.69) is 10.6 Å². The van der Waals surface area contributed by atoms with Gasteiger partial charge in [0.1, 0.15) is 0 Å². The van der Waals surface area contributed by atoms with E-state index in [9.17, 15) is 4.79 Å². The highest BCUT2D eigenvalue weighted by Gasteiger charge is 2.09. The predicted molar refractivity (Wildman–Crippen MR) is 64.9 cm³/mol. The van der Waals surface area contributed by atoms with Crippen LogP contribution in [0, 0.1) is 5.41 Å². The van der Waals surface area contributed by atoms with E-state index in [1.807, 2.05) is 19.1 Å². The Morgan fingerprint density at radius 2 is 2.25 bits per heavy atom. The molecule has 0 unspecified atom stereocenters. The van der Waals surface area contributed by atoms with Gasteiger partial charge in [0.25, 0.3) is 0 Å². The van der Waals surface area contributed by atoms with Gasteiger partial charge in [-0.25, -0.2) is 4.79 Å². The molecule has 0 saturated heterocycles. The second kappa shape index (κ2) is 5.37. The number of nitrogens with two attached hydrogens (primary N) is 1. The Bertz CT molecular complexity index is 419. The van der Waals surface area contributed by atoms with Crippen molar-refractivity contribution in [2.24, 2.45) is 5.73 Å². The number of carbonyl (C=O) groups is 1. The van der Waals surface area contributed by atoms with Crippen LogP contribution in [0.1, 0.15) is 12.5 Å². The van der Waals surface area contributed by atoms with Crippen molar-refractivity contribution < 1.29 is 4.79 Å². The number of aryl methyl sites for hydroxylation is 1. The average Bonchev–Trinajstić information content (AvgIpc) is 2.20. The minimum atomic E-state index is -0.574. The summed E-state index contributed by atoms with van der Waals surface area (Å²) in [5.74, 6) is -0.414. The molecule has 6 heteroatoms. The maximum absolute atomic E-state index is 11.3. The molecule has 0 bridgehead atoms. The Morgan fingerprint density at radius 3 is 2.81 bits per heavy atom. The van der Waals surface area contributed by atoms with Crippen LogP contribution >= 0.6 is 11.6 Å². The third-order valence-corrected chi connectivity index (χ3v) is 2.28. The Morgan fingerprint density at radius 1 is 1.56 bits per heavy atom. The summed E-state index contributed by atoms with van der Waals surface area (Å²) in [6, 6.07) is 4.80. The molecule has 5 nitrogen and oxygen atoms in total. The van der Waals surface area contributed by atoms with Crippen molar-refractivity contribution in [1.82, 2.24) is 5.32 Å². The van der Waals surface area contributed by atoms with Crippen molar-refractivity contribution in [1.29, 1.82) is 5.41 Å². The average molecular weight is 241 g/mol. The van der Waals surface area contributed by atoms with Crippen molar-refractivity contribution in [3.05, 3.63) is 28.8 Å². The number of carbonyl (C=O) groups excluding carboxylic acids is 1. The lowest BCUT2D eigenvalue weighted by Gasteiger charge is -2.11. The van der Waals surface area contributed by atoms with Crippen LogP contribution < -0.4 is 16.4 Å². The summed E-state index contributed by atoms with van der Waals surface area (Å²) < 4.78 is 0. The van der Waals surface area contributed by atoms with Gasteiger partial charge in [-0.2, -0.15) is 0 Å². The van der Waals surface area contributed by atoms with Gasteiger partial charge < -0.3 is 11.1 Å². The van der Waals surface area contributed by atoms with Crippen molar-refractivity contribution >= 4 is 29.3 Å². The summed E-state index contributed by atoms with van der Waals surface area (Å²) in [6.45, 7) is 1.96. The summed E-state index contributed by atoms with van der Waals surface area (Å²) in [7, 11) is 0. The zero-order valence-electron chi connectivity index (χ0n) is 8.80. The van der Waals surface area contributed by atoms with Crippen molar-refractivity contribution in [3.63, 3.8) is 0 Å². The van der Waals surface area contributed by atoms with E-state index in [-0.39, 0.29) is 0 Å². The Balaban J connectivity index is 2.87. The van der Waals surface area contributed by atoms with Gasteiger partial charge in [0.2, 0.25) is 0 Å². The summed E-state index contributed by atoms with van der Waals surface area (Å²) in [6.07, 6.45) is 0.746. The van der Waals surface area contributed by atoms with E-state index in [0.29, 0.717) is 10.7 Å². The number of para-hydroxylation sites is 1. The van der Waals surface area contributed by atoms with Crippen LogP contribution in [0.25, 0.3) is 0 Å². The third-order valence-electron chi connectivity index (χ3n) is 1.97. The molecule has 0 radical (unpaired) electrons. The van der Waals surface area contributed by atoms with Gasteiger partial charge in [0, 0.05) is 0 Å². The summed E-state index contributed by atoms with van der Waals surface area (Å²) in [5.41, 5.74) is 6.50. The number of anilines is 1. The molecule has 0 saturated carbocycles. The van der Waals surface area contributed by atoms with Crippen LogP contribution in [0.5, 0.6) is 0 Å². The second-order valence-electron chi connectivity index (χ2n) is 3.12. The van der Waals surface area contributed by atoms with Crippen LogP contribution in [0.15, 0.2) is 18.2 Å². The molecule has 0 atom stereocenters. The molecule has 1 aromatic rings. The van der Waals surface area contributed by atoms with Crippen LogP contribution in [0.2, 0.25) is 5.02 Å². The number of hydrogen-bond donors (Lipinski definition) is 4. The van der Waals surface area contributed by atoms with E-state index in [0.717, 1.165) is 12.0 Å². The highest BCUT2D eigenvalue weighted by molar-refractivity contribution is 6.34. The number of benzene rings is 1. The van der Waals surface area contributed by atoms with Gasteiger partial charge in [-0.1, -0.05) is 30.7 Å². The van der Waals surface area contributed by atoms with E-state index >= 15 is 0 Å². The van der Waals surface area contributed by atoms with Crippen LogP contribution in [0.4, 0.5) is 10.5 Å². The number of nitrogens with one attached hydrogen (secondary N) is 3. The molecule has 0 aromatic heterocycles. The topological polar surface area (TPSA) is 91.0 Å². The molecule has 0 heterocycles. The Labute approximate surface area is 98.5 Å².